The van der Waals surface area contributed by atoms with E-state index in [-0.39, 0.29) is 12.0 Å². The Balaban J connectivity index is 1.39. The number of ether oxygens (including phenoxy) is 3. The molecule has 0 bridgehead atoms. The largest absolute Gasteiger partial charge is 0.458 e. The zero-order valence-electron chi connectivity index (χ0n) is 30.8. The normalized spacial score (nSPS) is 41.7. The molecule has 10 nitrogen and oxygen atoms in total. The lowest BCUT2D eigenvalue weighted by molar-refractivity contribution is -0.246. The van der Waals surface area contributed by atoms with Crippen LogP contribution < -0.4 is 0 Å². The van der Waals surface area contributed by atoms with Gasteiger partial charge in [-0.05, 0) is 25.3 Å². The lowest BCUT2D eigenvalue weighted by Crippen LogP contribution is -2.69. The number of carbonyl (C=O) groups is 3. The van der Waals surface area contributed by atoms with Crippen molar-refractivity contribution in [2.75, 3.05) is 6.61 Å². The van der Waals surface area contributed by atoms with Crippen molar-refractivity contribution in [1.82, 2.24) is 0 Å². The quantitative estimate of drug-likeness (QED) is 0.0932. The van der Waals surface area contributed by atoms with Crippen molar-refractivity contribution in [3.05, 3.63) is 11.6 Å². The maximum atomic E-state index is 13.6. The van der Waals surface area contributed by atoms with Gasteiger partial charge in [0.2, 0.25) is 0 Å². The monoisotopic (exact) mass is 690 g/mol. The summed E-state index contributed by atoms with van der Waals surface area (Å²) in [4.78, 5) is 40.7. The topological polar surface area (TPSA) is 163 Å². The van der Waals surface area contributed by atoms with Crippen molar-refractivity contribution in [3.63, 3.8) is 0 Å². The number of fused-ring (bicyclic) bond motifs is 7. The summed E-state index contributed by atoms with van der Waals surface area (Å²) >= 11 is 0. The van der Waals surface area contributed by atoms with Crippen LogP contribution >= 0.6 is 0 Å². The highest BCUT2D eigenvalue weighted by Crippen LogP contribution is 2.80. The molecule has 5 rings (SSSR count). The van der Waals surface area contributed by atoms with E-state index in [9.17, 15) is 34.8 Å². The molecule has 0 spiro atoms. The van der Waals surface area contributed by atoms with Crippen LogP contribution in [0.1, 0.15) is 132 Å². The fourth-order valence-corrected chi connectivity index (χ4v) is 10.2. The molecular weight excluding hydrogens is 628 g/mol. The van der Waals surface area contributed by atoms with Gasteiger partial charge in [-0.2, -0.15) is 0 Å². The maximum absolute atomic E-state index is 13.6. The highest BCUT2D eigenvalue weighted by atomic mass is 16.6. The smallest absolute Gasteiger partial charge is 0.309 e. The predicted octanol–water partition coefficient (Wildman–Crippen LogP) is 4.96. The summed E-state index contributed by atoms with van der Waals surface area (Å²) in [5.41, 5.74) is -8.09. The van der Waals surface area contributed by atoms with Crippen LogP contribution in [0.15, 0.2) is 11.6 Å². The van der Waals surface area contributed by atoms with E-state index < -0.39 is 100 Å². The third kappa shape index (κ3) is 5.74. The number of Topliss-reactive ketones (excluding diaryl/α,β-unsaturated/α-hetero) is 1. The van der Waals surface area contributed by atoms with Gasteiger partial charge in [-0.1, -0.05) is 112 Å². The second kappa shape index (κ2) is 13.9. The first-order chi connectivity index (χ1) is 23.1. The average Bonchev–Trinajstić information content (AvgIpc) is 3.90. The number of aliphatic hydroxyl groups excluding tert-OH is 2. The van der Waals surface area contributed by atoms with E-state index in [1.165, 1.54) is 57.9 Å². The van der Waals surface area contributed by atoms with Crippen molar-refractivity contribution < 1.29 is 49.0 Å². The molecule has 3 saturated carbocycles. The Morgan fingerprint density at radius 2 is 1.55 bits per heavy atom. The molecule has 10 heteroatoms. The van der Waals surface area contributed by atoms with Crippen LogP contribution in [0.4, 0.5) is 0 Å². The number of hydrogen-bond donors (Lipinski definition) is 4. The molecule has 1 saturated heterocycles. The summed E-state index contributed by atoms with van der Waals surface area (Å²) in [5.74, 6) is -5.82. The highest BCUT2D eigenvalue weighted by Gasteiger charge is 2.93. The molecule has 1 aliphatic heterocycles. The molecule has 1 heterocycles. The minimum atomic E-state index is -2.48. The fourth-order valence-electron chi connectivity index (χ4n) is 10.2. The third-order valence-corrected chi connectivity index (χ3v) is 13.5. The SMILES string of the molecule is CCCCCCCCCCCCCC(=O)OC1[C@@H](C)C2(O)[C@@H]3C=C(C)C(=O)C3(O)C(O)C3(CO)OC3[C@H]2[C@H]2C(C)(C)C12OC(=O)C(C)CC. The average molecular weight is 691 g/mol. The van der Waals surface area contributed by atoms with Gasteiger partial charge in [0.05, 0.1) is 24.2 Å². The van der Waals surface area contributed by atoms with Crippen molar-refractivity contribution in [2.45, 2.75) is 173 Å². The zero-order chi connectivity index (χ0) is 36.2. The number of aliphatic hydroxyl groups is 4. The minimum Gasteiger partial charge on any atom is -0.458 e. The molecular formula is C39H62O10. The summed E-state index contributed by atoms with van der Waals surface area (Å²) in [6, 6.07) is 0. The second-order valence-corrected chi connectivity index (χ2v) is 16.7. The highest BCUT2D eigenvalue weighted by molar-refractivity contribution is 6.05. The number of hydrogen-bond acceptors (Lipinski definition) is 10. The van der Waals surface area contributed by atoms with Crippen LogP contribution in [0.2, 0.25) is 0 Å². The van der Waals surface area contributed by atoms with Crippen LogP contribution in [0.3, 0.4) is 0 Å². The van der Waals surface area contributed by atoms with Gasteiger partial charge in [0, 0.05) is 35.5 Å². The van der Waals surface area contributed by atoms with E-state index in [1.54, 1.807) is 13.8 Å². The van der Waals surface area contributed by atoms with Crippen molar-refractivity contribution in [2.24, 2.45) is 35.0 Å². The van der Waals surface area contributed by atoms with Gasteiger partial charge in [0.15, 0.2) is 17.0 Å². The molecule has 0 aromatic carbocycles. The van der Waals surface area contributed by atoms with Crippen molar-refractivity contribution >= 4 is 17.7 Å². The van der Waals surface area contributed by atoms with E-state index in [1.807, 2.05) is 20.8 Å². The lowest BCUT2D eigenvalue weighted by atomic mass is 9.58. The number of epoxide rings is 1. The molecule has 278 valence electrons. The lowest BCUT2D eigenvalue weighted by Gasteiger charge is -2.53. The minimum absolute atomic E-state index is 0.172. The van der Waals surface area contributed by atoms with Gasteiger partial charge >= 0.3 is 11.9 Å². The predicted molar refractivity (Wildman–Crippen MR) is 182 cm³/mol. The molecule has 0 aromatic heterocycles. The van der Waals surface area contributed by atoms with E-state index in [4.69, 9.17) is 14.2 Å². The van der Waals surface area contributed by atoms with Crippen molar-refractivity contribution in [3.8, 4) is 0 Å². The van der Waals surface area contributed by atoms with Crippen LogP contribution in [0, 0.1) is 35.0 Å². The second-order valence-electron chi connectivity index (χ2n) is 16.7. The molecule has 0 aromatic rings. The zero-order valence-corrected chi connectivity index (χ0v) is 30.8. The molecule has 4 fully saturated rings. The van der Waals surface area contributed by atoms with E-state index in [2.05, 4.69) is 6.92 Å². The number of esters is 2. The van der Waals surface area contributed by atoms with Gasteiger partial charge in [-0.15, -0.1) is 0 Å². The number of rotatable bonds is 17. The Hall–Kier alpha value is -1.85. The Morgan fingerprint density at radius 1 is 0.980 bits per heavy atom. The van der Waals surface area contributed by atoms with E-state index in [0.717, 1.165) is 19.3 Å². The molecule has 8 unspecified atom stereocenters. The van der Waals surface area contributed by atoms with Crippen LogP contribution in [-0.4, -0.2) is 85.5 Å². The third-order valence-electron chi connectivity index (χ3n) is 13.5. The summed E-state index contributed by atoms with van der Waals surface area (Å²) in [6.45, 7) is 12.2. The molecule has 4 aliphatic carbocycles. The Morgan fingerprint density at radius 3 is 2.10 bits per heavy atom. The maximum Gasteiger partial charge on any atom is 0.309 e. The van der Waals surface area contributed by atoms with Gasteiger partial charge in [-0.3, -0.25) is 14.4 Å². The first-order valence-corrected chi connectivity index (χ1v) is 19.2. The number of carbonyl (C=O) groups excluding carboxylic acids is 3. The molecule has 49 heavy (non-hydrogen) atoms. The van der Waals surface area contributed by atoms with Crippen LogP contribution in [-0.2, 0) is 28.6 Å². The fraction of sp³-hybridized carbons (Fsp3) is 0.872. The number of ketones is 1. The molecule has 0 amide bonds. The van der Waals surface area contributed by atoms with Gasteiger partial charge in [0.1, 0.15) is 17.8 Å². The van der Waals surface area contributed by atoms with Gasteiger partial charge in [0.25, 0.3) is 0 Å². The first kappa shape index (κ1) is 38.4. The Labute approximate surface area is 292 Å². The van der Waals surface area contributed by atoms with Gasteiger partial charge in [-0.25, -0.2) is 0 Å². The van der Waals surface area contributed by atoms with Crippen molar-refractivity contribution in [1.29, 1.82) is 0 Å². The Bertz CT molecular complexity index is 1290. The standard InChI is InChI=1S/C39H62O10/c1-8-10-11-12-13-14-15-16-17-18-19-20-27(41)47-31-25(5)37(45)26-21-24(4)30(42)38(26,46)34(44)36(22-40)32(48-36)28(37)29-35(6,7)39(29,31)49-33(43)23(3)9-2/h21,23,25-26,28-29,31-32,34,40,44-46H,8-20,22H2,1-7H3/t23?,25-,26+,28-,29+,31?,32?,34?,36?,37?,38?,39?/m1/s1. The summed E-state index contributed by atoms with van der Waals surface area (Å²) < 4.78 is 18.8. The molecule has 4 N–H and O–H groups in total. The van der Waals surface area contributed by atoms with E-state index in [0.29, 0.717) is 12.8 Å². The molecule has 5 aliphatic rings. The molecule has 0 radical (unpaired) electrons. The Kier molecular flexibility index (Phi) is 10.9. The van der Waals surface area contributed by atoms with E-state index >= 15 is 0 Å². The van der Waals surface area contributed by atoms with Crippen LogP contribution in [0.25, 0.3) is 0 Å². The summed E-state index contributed by atoms with van der Waals surface area (Å²) in [5, 5.41) is 47.4. The van der Waals surface area contributed by atoms with Crippen LogP contribution in [0.5, 0.6) is 0 Å². The number of unbranched alkanes of at least 4 members (excludes halogenated alkanes) is 10. The molecule has 12 atom stereocenters. The summed E-state index contributed by atoms with van der Waals surface area (Å²) in [7, 11) is 0. The first-order valence-electron chi connectivity index (χ1n) is 19.2. The van der Waals surface area contributed by atoms with Gasteiger partial charge < -0.3 is 34.6 Å². The summed E-state index contributed by atoms with van der Waals surface area (Å²) in [6.07, 6.45) is 10.9.